The molecule has 1 heterocycles. The standard InChI is InChI=1S/C31H52O10/c1-3-5-7-8-9-10-11-12-13-14-15-16-18-20-27(34)40-24(22-38-26(33)19-17-6-4-2)23-39-31-30(37)29(36)28(35)25(21-32)41-31/h3,7-8,10-11,24-25,28-32,35-37H,1,4-6,9,12-23H2,2H3/b8-7+,11-10-/t24-,25-,28+,29+,30-,31-/m1/s1. The molecule has 10 nitrogen and oxygen atoms in total. The van der Waals surface area contributed by atoms with Crippen molar-refractivity contribution in [3.05, 3.63) is 37.0 Å². The minimum atomic E-state index is -1.59. The van der Waals surface area contributed by atoms with Crippen molar-refractivity contribution in [2.45, 2.75) is 127 Å². The van der Waals surface area contributed by atoms with Gasteiger partial charge in [0.1, 0.15) is 31.0 Å². The molecule has 0 aromatic carbocycles. The average Bonchev–Trinajstić information content (AvgIpc) is 2.96. The normalized spacial score (nSPS) is 23.6. The highest BCUT2D eigenvalue weighted by Crippen LogP contribution is 2.22. The lowest BCUT2D eigenvalue weighted by Crippen LogP contribution is -2.59. The van der Waals surface area contributed by atoms with Crippen LogP contribution in [0.25, 0.3) is 0 Å². The summed E-state index contributed by atoms with van der Waals surface area (Å²) in [5.74, 6) is -0.867. The Bertz CT molecular complexity index is 766. The molecule has 0 amide bonds. The summed E-state index contributed by atoms with van der Waals surface area (Å²) in [6.45, 7) is 4.60. The van der Waals surface area contributed by atoms with Gasteiger partial charge in [-0.3, -0.25) is 9.59 Å². The van der Waals surface area contributed by atoms with Gasteiger partial charge in [-0.25, -0.2) is 0 Å². The Kier molecular flexibility index (Phi) is 21.2. The van der Waals surface area contributed by atoms with Gasteiger partial charge in [-0.05, 0) is 38.5 Å². The van der Waals surface area contributed by atoms with Gasteiger partial charge in [-0.15, -0.1) is 6.58 Å². The highest BCUT2D eigenvalue weighted by Gasteiger charge is 2.44. The van der Waals surface area contributed by atoms with Crippen LogP contribution in [0.15, 0.2) is 37.0 Å². The molecule has 0 spiro atoms. The second-order valence-corrected chi connectivity index (χ2v) is 10.3. The Morgan fingerprint density at radius 3 is 2.22 bits per heavy atom. The Morgan fingerprint density at radius 2 is 1.49 bits per heavy atom. The molecular weight excluding hydrogens is 532 g/mol. The molecule has 1 saturated heterocycles. The van der Waals surface area contributed by atoms with Crippen LogP contribution in [0.1, 0.15) is 90.4 Å². The molecule has 0 aromatic heterocycles. The fraction of sp³-hybridized carbons (Fsp3) is 0.742. The third-order valence-corrected chi connectivity index (χ3v) is 6.67. The SMILES string of the molecule is C=CC/C=C/C/C=C\CCCCCCCC(=O)O[C@H](COC(=O)CCCCC)CO[C@@H]1O[C@H](CO)[C@H](O)[C@H](O)[C@H]1O. The molecule has 0 aliphatic carbocycles. The van der Waals surface area contributed by atoms with E-state index < -0.39 is 55.4 Å². The van der Waals surface area contributed by atoms with Crippen LogP contribution in [0, 0.1) is 0 Å². The van der Waals surface area contributed by atoms with E-state index in [1.807, 2.05) is 13.0 Å². The lowest BCUT2D eigenvalue weighted by molar-refractivity contribution is -0.305. The number of aliphatic hydroxyl groups is 4. The van der Waals surface area contributed by atoms with E-state index in [1.54, 1.807) is 0 Å². The Morgan fingerprint density at radius 1 is 0.829 bits per heavy atom. The van der Waals surface area contributed by atoms with Gasteiger partial charge in [0, 0.05) is 12.8 Å². The van der Waals surface area contributed by atoms with Gasteiger partial charge in [0.25, 0.3) is 0 Å². The largest absolute Gasteiger partial charge is 0.462 e. The molecular formula is C31H52O10. The fourth-order valence-corrected chi connectivity index (χ4v) is 4.19. The first-order valence-corrected chi connectivity index (χ1v) is 15.0. The highest BCUT2D eigenvalue weighted by atomic mass is 16.7. The fourth-order valence-electron chi connectivity index (χ4n) is 4.19. The van der Waals surface area contributed by atoms with Crippen molar-refractivity contribution in [2.75, 3.05) is 19.8 Å². The van der Waals surface area contributed by atoms with Crippen molar-refractivity contribution in [1.29, 1.82) is 0 Å². The van der Waals surface area contributed by atoms with Gasteiger partial charge in [-0.1, -0.05) is 69.4 Å². The zero-order chi connectivity index (χ0) is 30.3. The first kappa shape index (κ1) is 36.9. The maximum atomic E-state index is 12.5. The van der Waals surface area contributed by atoms with Crippen LogP contribution in [-0.2, 0) is 28.5 Å². The maximum absolute atomic E-state index is 12.5. The molecule has 0 bridgehead atoms. The van der Waals surface area contributed by atoms with Crippen LogP contribution in [-0.4, -0.2) is 89.0 Å². The van der Waals surface area contributed by atoms with Gasteiger partial charge < -0.3 is 39.4 Å². The summed E-state index contributed by atoms with van der Waals surface area (Å²) in [6.07, 6.45) is 12.9. The van der Waals surface area contributed by atoms with E-state index in [4.69, 9.17) is 18.9 Å². The number of hydrogen-bond acceptors (Lipinski definition) is 10. The molecule has 1 fully saturated rings. The van der Waals surface area contributed by atoms with Crippen LogP contribution in [0.5, 0.6) is 0 Å². The van der Waals surface area contributed by atoms with Gasteiger partial charge in [0.15, 0.2) is 12.4 Å². The van der Waals surface area contributed by atoms with E-state index in [1.165, 1.54) is 0 Å². The van der Waals surface area contributed by atoms with Gasteiger partial charge in [0.2, 0.25) is 0 Å². The molecule has 1 rings (SSSR count). The molecule has 0 unspecified atom stereocenters. The van der Waals surface area contributed by atoms with Crippen LogP contribution in [0.2, 0.25) is 0 Å². The summed E-state index contributed by atoms with van der Waals surface area (Å²) >= 11 is 0. The number of unbranched alkanes of at least 4 members (excludes halogenated alkanes) is 7. The molecule has 0 aromatic rings. The third-order valence-electron chi connectivity index (χ3n) is 6.67. The number of carbonyl (C=O) groups excluding carboxylic acids is 2. The van der Waals surface area contributed by atoms with Crippen molar-refractivity contribution >= 4 is 11.9 Å². The molecule has 4 N–H and O–H groups in total. The van der Waals surface area contributed by atoms with Crippen LogP contribution in [0.4, 0.5) is 0 Å². The zero-order valence-electron chi connectivity index (χ0n) is 24.6. The molecule has 41 heavy (non-hydrogen) atoms. The van der Waals surface area contributed by atoms with Gasteiger partial charge in [-0.2, -0.15) is 0 Å². The molecule has 0 radical (unpaired) electrons. The summed E-state index contributed by atoms with van der Waals surface area (Å²) in [4.78, 5) is 24.6. The summed E-state index contributed by atoms with van der Waals surface area (Å²) in [5, 5.41) is 39.5. The monoisotopic (exact) mass is 584 g/mol. The number of esters is 2. The predicted octanol–water partition coefficient (Wildman–Crippen LogP) is 3.65. The quantitative estimate of drug-likeness (QED) is 0.0796. The number of hydrogen-bond donors (Lipinski definition) is 4. The Hall–Kier alpha value is -2.08. The maximum Gasteiger partial charge on any atom is 0.306 e. The van der Waals surface area contributed by atoms with E-state index >= 15 is 0 Å². The highest BCUT2D eigenvalue weighted by molar-refractivity contribution is 5.70. The van der Waals surface area contributed by atoms with Gasteiger partial charge >= 0.3 is 11.9 Å². The number of carbonyl (C=O) groups is 2. The number of ether oxygens (including phenoxy) is 4. The second kappa shape index (κ2) is 23.5. The molecule has 0 saturated carbocycles. The molecule has 1 aliphatic rings. The summed E-state index contributed by atoms with van der Waals surface area (Å²) in [7, 11) is 0. The first-order chi connectivity index (χ1) is 19.8. The van der Waals surface area contributed by atoms with E-state index in [-0.39, 0.29) is 26.1 Å². The molecule has 10 heteroatoms. The summed E-state index contributed by atoms with van der Waals surface area (Å²) in [5.41, 5.74) is 0. The molecule has 6 atom stereocenters. The first-order valence-electron chi connectivity index (χ1n) is 15.0. The van der Waals surface area contributed by atoms with E-state index in [2.05, 4.69) is 30.9 Å². The topological polar surface area (TPSA) is 152 Å². The number of allylic oxidation sites excluding steroid dienone is 5. The number of aliphatic hydroxyl groups excluding tert-OH is 4. The van der Waals surface area contributed by atoms with E-state index in [0.717, 1.165) is 57.8 Å². The minimum Gasteiger partial charge on any atom is -0.462 e. The Labute approximate surface area is 245 Å². The van der Waals surface area contributed by atoms with Crippen molar-refractivity contribution in [1.82, 2.24) is 0 Å². The molecule has 1 aliphatic heterocycles. The second-order valence-electron chi connectivity index (χ2n) is 10.3. The lowest BCUT2D eigenvalue weighted by Gasteiger charge is -2.39. The smallest absolute Gasteiger partial charge is 0.306 e. The minimum absolute atomic E-state index is 0.206. The predicted molar refractivity (Wildman–Crippen MR) is 155 cm³/mol. The molecule has 236 valence electrons. The summed E-state index contributed by atoms with van der Waals surface area (Å²) < 4.78 is 21.6. The zero-order valence-corrected chi connectivity index (χ0v) is 24.6. The van der Waals surface area contributed by atoms with Crippen LogP contribution in [0.3, 0.4) is 0 Å². The Balaban J connectivity index is 2.43. The number of rotatable bonds is 23. The average molecular weight is 585 g/mol. The van der Waals surface area contributed by atoms with E-state index in [0.29, 0.717) is 12.8 Å². The third kappa shape index (κ3) is 16.8. The lowest BCUT2D eigenvalue weighted by atomic mass is 9.99. The van der Waals surface area contributed by atoms with Crippen LogP contribution >= 0.6 is 0 Å². The van der Waals surface area contributed by atoms with Crippen LogP contribution < -0.4 is 0 Å². The van der Waals surface area contributed by atoms with Crippen molar-refractivity contribution in [3.8, 4) is 0 Å². The van der Waals surface area contributed by atoms with Crippen molar-refractivity contribution in [3.63, 3.8) is 0 Å². The summed E-state index contributed by atoms with van der Waals surface area (Å²) in [6, 6.07) is 0. The van der Waals surface area contributed by atoms with Gasteiger partial charge in [0.05, 0.1) is 13.2 Å². The van der Waals surface area contributed by atoms with Crippen molar-refractivity contribution in [2.24, 2.45) is 0 Å². The van der Waals surface area contributed by atoms with Crippen molar-refractivity contribution < 1.29 is 49.0 Å². The van der Waals surface area contributed by atoms with E-state index in [9.17, 15) is 30.0 Å².